The van der Waals surface area contributed by atoms with Crippen LogP contribution in [-0.2, 0) is 130 Å². The van der Waals surface area contributed by atoms with Crippen molar-refractivity contribution in [2.75, 3.05) is 158 Å². The van der Waals surface area contributed by atoms with E-state index in [1.807, 2.05) is 6.92 Å². The van der Waals surface area contributed by atoms with Crippen molar-refractivity contribution in [3.63, 3.8) is 0 Å². The van der Waals surface area contributed by atoms with Crippen LogP contribution in [0, 0.1) is 5.92 Å². The molecule has 0 radical (unpaired) electrons. The van der Waals surface area contributed by atoms with Crippen molar-refractivity contribution in [3.05, 3.63) is 69.0 Å². The lowest BCUT2D eigenvalue weighted by atomic mass is 9.86. The molecule has 0 saturated heterocycles. The van der Waals surface area contributed by atoms with Crippen molar-refractivity contribution in [3.8, 4) is 11.4 Å². The van der Waals surface area contributed by atoms with Gasteiger partial charge in [-0.05, 0) is 87.6 Å². The first-order chi connectivity index (χ1) is 52.0. The summed E-state index contributed by atoms with van der Waals surface area (Å²) in [5.41, 5.74) is 1.55. The zero-order valence-electron chi connectivity index (χ0n) is 62.5. The minimum absolute atomic E-state index is 0.000485. The molecule has 1 aromatic carbocycles. The third-order valence-electron chi connectivity index (χ3n) is 17.5. The number of cyclic esters (lactones) is 1. The number of pyridine rings is 2. The Balaban J connectivity index is 0.867. The predicted octanol–water partition coefficient (Wildman–Crippen LogP) is 0.354. The summed E-state index contributed by atoms with van der Waals surface area (Å²) in [4.78, 5) is 162. The molecule has 35 heteroatoms. The minimum Gasteiger partial charge on any atom is -0.481 e. The minimum atomic E-state index is -2.00. The van der Waals surface area contributed by atoms with Gasteiger partial charge in [0.05, 0.1) is 148 Å². The quantitative estimate of drug-likeness (QED) is 0.0164. The number of carboxylic acid groups (broad SMARTS) is 1. The van der Waals surface area contributed by atoms with Gasteiger partial charge in [0.25, 0.3) is 17.4 Å². The fourth-order valence-electron chi connectivity index (χ4n) is 11.6. The summed E-state index contributed by atoms with van der Waals surface area (Å²) in [5, 5.41) is 40.2. The number of amides is 9. The average molecular weight is 1520 g/mol. The molecule has 3 aromatic rings. The number of aryl methyl sites for hydroxylation is 1. The first-order valence-electron chi connectivity index (χ1n) is 36.6. The number of carbonyl (C=O) groups is 11. The summed E-state index contributed by atoms with van der Waals surface area (Å²) in [6.07, 6.45) is 2.84. The van der Waals surface area contributed by atoms with Crippen LogP contribution >= 0.6 is 0 Å². The number of esters is 1. The molecule has 0 fully saturated rings. The fourth-order valence-corrected chi connectivity index (χ4v) is 11.6. The van der Waals surface area contributed by atoms with Gasteiger partial charge in [0.15, 0.2) is 5.60 Å². The molecule has 0 bridgehead atoms. The van der Waals surface area contributed by atoms with E-state index in [9.17, 15) is 67.7 Å². The highest BCUT2D eigenvalue weighted by Gasteiger charge is 2.46. The van der Waals surface area contributed by atoms with Crippen molar-refractivity contribution < 1.29 is 115 Å². The summed E-state index contributed by atoms with van der Waals surface area (Å²) >= 11 is 0. The lowest BCUT2D eigenvalue weighted by Gasteiger charge is -2.31. The van der Waals surface area contributed by atoms with Gasteiger partial charge in [0.2, 0.25) is 41.4 Å². The maximum atomic E-state index is 13.9. The number of hydrogen-bond donors (Lipinski definition) is 9. The SMILES string of the molecule is CCCc1c2c(nc3ccc(NC(=O)[C@H](C)NC(=O)[C@@H](NC(=O)[C@H](CCC(=O)O)NC(=O)CCCNC(=O)[C@H](CCCCNC(=O)COCCOCCOCCOCCOCCOCCOCCOCCOCCOC)NC(=O)CN4C(=O)C=CC4=O)C(C)C)cc13)-c1cc3c(c(=O)n1C2)COC(=O)[C@]3(O)CC. The number of ether oxygens (including phenoxy) is 11. The number of unbranched alkanes of at least 4 members (excludes halogenated alkanes) is 1. The van der Waals surface area contributed by atoms with E-state index in [1.54, 1.807) is 56.7 Å². The standard InChI is InChI=1S/C73H106N10O25/c1-7-12-50-51-41-49(15-16-55(51)80-66-52(50)43-82-58(66)42-54-53(71(82)95)45-108-72(96)73(54,97)8-2)77-67(91)48(5)76-70(94)65(47(3)4)81-69(93)57(17-20-64(89)90)78-59(84)14-11-22-75-68(92)56(79-60(85)44-83-62(87)18-19-63(83)88)13-9-10-21-74-61(86)46-107-40-39-106-38-37-105-36-35-104-34-33-103-32-31-102-30-29-101-28-27-100-26-25-99-24-23-98-6/h15-16,18-19,41-42,47-48,56-57,65,97H,7-14,17,20-40,43-46H2,1-6H3,(H,74,86)(H,75,92)(H,76,94)(H,77,91)(H,78,84)(H,79,85)(H,81,93)(H,89,90)/t48-,56-,57-,65-,73-/m0/s1. The summed E-state index contributed by atoms with van der Waals surface area (Å²) in [6.45, 7) is 14.8. The Kier molecular flexibility index (Phi) is 38.6. The smallest absolute Gasteiger partial charge is 0.343 e. The number of methoxy groups -OCH3 is 1. The third kappa shape index (κ3) is 28.4. The monoisotopic (exact) mass is 1520 g/mol. The van der Waals surface area contributed by atoms with Crippen LogP contribution in [-0.4, -0.2) is 266 Å². The number of carboxylic acids is 1. The van der Waals surface area contributed by atoms with E-state index >= 15 is 0 Å². The molecule has 108 heavy (non-hydrogen) atoms. The van der Waals surface area contributed by atoms with E-state index in [0.29, 0.717) is 164 Å². The maximum absolute atomic E-state index is 13.9. The molecular formula is C73H106N10O25. The lowest BCUT2D eigenvalue weighted by Crippen LogP contribution is -2.57. The van der Waals surface area contributed by atoms with E-state index in [2.05, 4.69) is 37.2 Å². The molecule has 9 N–H and O–H groups in total. The number of nitrogens with zero attached hydrogens (tertiary/aromatic N) is 3. The number of aliphatic hydroxyl groups is 1. The van der Waals surface area contributed by atoms with E-state index in [0.717, 1.165) is 23.3 Å². The summed E-state index contributed by atoms with van der Waals surface area (Å²) in [5.74, 6) is -8.92. The van der Waals surface area contributed by atoms with Crippen LogP contribution in [0.15, 0.2) is 41.2 Å². The first kappa shape index (κ1) is 88.2. The fraction of sp³-hybridized carbons (Fsp3) is 0.630. The van der Waals surface area contributed by atoms with Crippen molar-refractivity contribution in [2.45, 2.75) is 142 Å². The Bertz CT molecular complexity index is 3590. The Hall–Kier alpha value is -8.75. The normalized spacial score (nSPS) is 15.4. The number of anilines is 1. The Labute approximate surface area is 626 Å². The molecule has 2 aromatic heterocycles. The second-order valence-electron chi connectivity index (χ2n) is 25.9. The summed E-state index contributed by atoms with van der Waals surface area (Å²) in [6, 6.07) is 1.68. The van der Waals surface area contributed by atoms with Crippen molar-refractivity contribution in [1.29, 1.82) is 0 Å². The number of benzene rings is 1. The van der Waals surface area contributed by atoms with E-state index in [-0.39, 0.29) is 89.3 Å². The molecule has 3 aliphatic heterocycles. The third-order valence-corrected chi connectivity index (χ3v) is 17.5. The van der Waals surface area contributed by atoms with E-state index in [4.69, 9.17) is 57.1 Å². The van der Waals surface area contributed by atoms with Gasteiger partial charge in [-0.2, -0.15) is 0 Å². The topological polar surface area (TPSA) is 452 Å². The van der Waals surface area contributed by atoms with Crippen LogP contribution in [0.3, 0.4) is 0 Å². The highest BCUT2D eigenvalue weighted by Crippen LogP contribution is 2.41. The van der Waals surface area contributed by atoms with Gasteiger partial charge in [-0.15, -0.1) is 0 Å². The van der Waals surface area contributed by atoms with Crippen LogP contribution in [0.5, 0.6) is 0 Å². The van der Waals surface area contributed by atoms with Crippen LogP contribution < -0.4 is 42.8 Å². The van der Waals surface area contributed by atoms with Crippen LogP contribution in [0.2, 0.25) is 0 Å². The van der Waals surface area contributed by atoms with Crippen molar-refractivity contribution in [2.24, 2.45) is 5.92 Å². The molecule has 3 aliphatic rings. The van der Waals surface area contributed by atoms with Gasteiger partial charge in [-0.1, -0.05) is 34.1 Å². The zero-order chi connectivity index (χ0) is 78.4. The van der Waals surface area contributed by atoms with Gasteiger partial charge in [-0.25, -0.2) is 9.78 Å². The Morgan fingerprint density at radius 2 is 1.16 bits per heavy atom. The molecule has 9 amide bonds. The molecule has 0 aliphatic carbocycles. The highest BCUT2D eigenvalue weighted by atomic mass is 16.6. The number of aromatic nitrogens is 2. The lowest BCUT2D eigenvalue weighted by molar-refractivity contribution is -0.172. The number of fused-ring (bicyclic) bond motifs is 5. The second kappa shape index (κ2) is 47.2. The Morgan fingerprint density at radius 1 is 0.602 bits per heavy atom. The number of nitrogens with one attached hydrogen (secondary N) is 7. The first-order valence-corrected chi connectivity index (χ1v) is 36.6. The van der Waals surface area contributed by atoms with Gasteiger partial charge >= 0.3 is 11.9 Å². The van der Waals surface area contributed by atoms with E-state index < -0.39 is 119 Å². The second-order valence-corrected chi connectivity index (χ2v) is 25.9. The van der Waals surface area contributed by atoms with Crippen LogP contribution in [0.4, 0.5) is 5.69 Å². The van der Waals surface area contributed by atoms with Crippen LogP contribution in [0.1, 0.15) is 115 Å². The van der Waals surface area contributed by atoms with Crippen molar-refractivity contribution >= 4 is 81.7 Å². The molecule has 5 heterocycles. The van der Waals surface area contributed by atoms with Gasteiger partial charge in [-0.3, -0.25) is 57.6 Å². The molecule has 0 unspecified atom stereocenters. The van der Waals surface area contributed by atoms with Crippen LogP contribution in [0.25, 0.3) is 22.3 Å². The number of aliphatic carboxylic acids is 1. The van der Waals surface area contributed by atoms with Gasteiger partial charge in [0, 0.05) is 67.4 Å². The summed E-state index contributed by atoms with van der Waals surface area (Å²) in [7, 11) is 1.62. The number of imide groups is 1. The molecule has 0 saturated carbocycles. The van der Waals surface area contributed by atoms with Crippen molar-refractivity contribution in [1.82, 2.24) is 46.4 Å². The highest BCUT2D eigenvalue weighted by molar-refractivity contribution is 6.14. The number of carbonyl (C=O) groups excluding carboxylic acids is 10. The molecule has 598 valence electrons. The average Bonchev–Trinajstić information content (AvgIpc) is 1.57. The summed E-state index contributed by atoms with van der Waals surface area (Å²) < 4.78 is 60.7. The number of hydrogen-bond acceptors (Lipinski definition) is 25. The van der Waals surface area contributed by atoms with Gasteiger partial charge < -0.3 is 104 Å². The van der Waals surface area contributed by atoms with E-state index in [1.165, 1.54) is 6.92 Å². The maximum Gasteiger partial charge on any atom is 0.343 e. The molecule has 6 rings (SSSR count). The zero-order valence-corrected chi connectivity index (χ0v) is 62.5. The predicted molar refractivity (Wildman–Crippen MR) is 386 cm³/mol. The number of rotatable bonds is 56. The molecule has 5 atom stereocenters. The molecular weight excluding hydrogens is 1420 g/mol. The largest absolute Gasteiger partial charge is 0.481 e. The molecule has 0 spiro atoms. The Morgan fingerprint density at radius 3 is 1.71 bits per heavy atom. The van der Waals surface area contributed by atoms with Gasteiger partial charge in [0.1, 0.15) is 43.9 Å². The molecule has 35 nitrogen and oxygen atoms in total.